The molecule has 0 aromatic heterocycles. The Morgan fingerprint density at radius 1 is 1.50 bits per heavy atom. The molecule has 0 spiro atoms. The van der Waals surface area contributed by atoms with Gasteiger partial charge in [0.25, 0.3) is 0 Å². The van der Waals surface area contributed by atoms with E-state index in [1.54, 1.807) is 0 Å². The second-order valence-electron chi connectivity index (χ2n) is 3.39. The molecule has 0 saturated carbocycles. The first-order valence-corrected chi connectivity index (χ1v) is 10.2. The summed E-state index contributed by atoms with van der Waals surface area (Å²) in [7, 11) is 0. The maximum absolute atomic E-state index is 3.76. The first kappa shape index (κ1) is 8.68. The first-order chi connectivity index (χ1) is 3.56. The summed E-state index contributed by atoms with van der Waals surface area (Å²) in [6.45, 7) is 10.7. The third-order valence-electron chi connectivity index (χ3n) is 1.10. The third kappa shape index (κ3) is 6.68. The van der Waals surface area contributed by atoms with Crippen LogP contribution in [0.4, 0.5) is 0 Å². The Hall–Kier alpha value is 0.675. The van der Waals surface area contributed by atoms with E-state index in [4.69, 9.17) is 0 Å². The zero-order valence-electron chi connectivity index (χ0n) is 6.20. The fourth-order valence-electron chi connectivity index (χ4n) is 0.535. The molecule has 0 aromatic rings. The molecule has 0 fully saturated rings. The van der Waals surface area contributed by atoms with Gasteiger partial charge in [0.1, 0.15) is 0 Å². The van der Waals surface area contributed by atoms with Gasteiger partial charge in [0.05, 0.1) is 0 Å². The van der Waals surface area contributed by atoms with Gasteiger partial charge in [0.2, 0.25) is 0 Å². The SMILES string of the molecule is C=[CH][Hg][CH2]C(C)(C)C. The van der Waals surface area contributed by atoms with Crippen LogP contribution in [0.5, 0.6) is 0 Å². The van der Waals surface area contributed by atoms with E-state index < -0.39 is 24.6 Å². The molecule has 0 heterocycles. The van der Waals surface area contributed by atoms with Gasteiger partial charge in [-0.2, -0.15) is 0 Å². The Labute approximate surface area is 64.8 Å². The summed E-state index contributed by atoms with van der Waals surface area (Å²) in [5.74, 6) is 0. The molecule has 0 rings (SSSR count). The third-order valence-corrected chi connectivity index (χ3v) is 9.64. The molecule has 0 aliphatic rings. The van der Waals surface area contributed by atoms with Crippen LogP contribution in [0.15, 0.2) is 10.2 Å². The van der Waals surface area contributed by atoms with Gasteiger partial charge in [-0.3, -0.25) is 0 Å². The van der Waals surface area contributed by atoms with Crippen LogP contribution in [0.25, 0.3) is 0 Å². The average Bonchev–Trinajstić information content (AvgIpc) is 1.59. The maximum atomic E-state index is 3.76. The minimum absolute atomic E-state index is 0.555. The van der Waals surface area contributed by atoms with Crippen molar-refractivity contribution in [3.05, 3.63) is 10.2 Å². The van der Waals surface area contributed by atoms with Crippen LogP contribution in [0.3, 0.4) is 0 Å². The van der Waals surface area contributed by atoms with Crippen molar-refractivity contribution in [2.75, 3.05) is 0 Å². The number of hydrogen-bond acceptors (Lipinski definition) is 0. The fraction of sp³-hybridized carbons (Fsp3) is 0.714. The number of hydrogen-bond donors (Lipinski definition) is 0. The molecular weight excluding hydrogens is 285 g/mol. The van der Waals surface area contributed by atoms with Crippen molar-refractivity contribution in [3.63, 3.8) is 0 Å². The Morgan fingerprint density at radius 2 is 2.00 bits per heavy atom. The molecule has 0 saturated heterocycles. The summed E-state index contributed by atoms with van der Waals surface area (Å²) in [4.78, 5) is 0. The van der Waals surface area contributed by atoms with Gasteiger partial charge >= 0.3 is 64.9 Å². The van der Waals surface area contributed by atoms with Crippen LogP contribution >= 0.6 is 0 Å². The molecule has 0 unspecified atom stereocenters. The quantitative estimate of drug-likeness (QED) is 0.688. The first-order valence-electron chi connectivity index (χ1n) is 3.17. The van der Waals surface area contributed by atoms with Crippen LogP contribution in [0, 0.1) is 5.41 Å². The van der Waals surface area contributed by atoms with E-state index in [1.165, 1.54) is 3.93 Å². The average molecular weight is 299 g/mol. The molecule has 0 radical (unpaired) electrons. The van der Waals surface area contributed by atoms with Crippen LogP contribution < -0.4 is 0 Å². The molecule has 0 amide bonds. The van der Waals surface area contributed by atoms with Gasteiger partial charge in [-0.1, -0.05) is 0 Å². The van der Waals surface area contributed by atoms with Gasteiger partial charge in [-0.05, 0) is 0 Å². The minimum atomic E-state index is -0.555. The number of rotatable bonds is 2. The Balaban J connectivity index is 3.24. The molecule has 0 nitrogen and oxygen atoms in total. The predicted octanol–water partition coefficient (Wildman–Crippen LogP) is 2.68. The van der Waals surface area contributed by atoms with E-state index in [0.29, 0.717) is 5.41 Å². The second-order valence-corrected chi connectivity index (χ2v) is 9.82. The van der Waals surface area contributed by atoms with Crippen molar-refractivity contribution < 1.29 is 24.6 Å². The van der Waals surface area contributed by atoms with Crippen molar-refractivity contribution in [2.24, 2.45) is 5.41 Å². The summed E-state index contributed by atoms with van der Waals surface area (Å²) in [6.07, 6.45) is 0. The predicted molar refractivity (Wildman–Crippen MR) is 34.5 cm³/mol. The fourth-order valence-corrected chi connectivity index (χ4v) is 4.70. The summed E-state index contributed by atoms with van der Waals surface area (Å²) < 4.78 is 3.67. The Morgan fingerprint density at radius 3 is 2.12 bits per heavy atom. The summed E-state index contributed by atoms with van der Waals surface area (Å²) >= 11 is -0.555. The summed E-state index contributed by atoms with van der Waals surface area (Å²) in [5, 5.41) is 0. The van der Waals surface area contributed by atoms with Gasteiger partial charge in [-0.25, -0.2) is 0 Å². The topological polar surface area (TPSA) is 0 Å². The van der Waals surface area contributed by atoms with Gasteiger partial charge < -0.3 is 0 Å². The zero-order chi connectivity index (χ0) is 6.62. The molecule has 0 aliphatic heterocycles. The molecule has 0 atom stereocenters. The van der Waals surface area contributed by atoms with Gasteiger partial charge in [-0.15, -0.1) is 0 Å². The molecule has 0 bridgehead atoms. The second kappa shape index (κ2) is 3.65. The molecule has 0 aromatic carbocycles. The van der Waals surface area contributed by atoms with E-state index in [1.807, 2.05) is 0 Å². The molecular formula is C7H14Hg. The summed E-state index contributed by atoms with van der Waals surface area (Å²) in [6, 6.07) is 0. The molecule has 0 N–H and O–H groups in total. The normalized spacial score (nSPS) is 10.4. The van der Waals surface area contributed by atoms with E-state index in [2.05, 4.69) is 30.9 Å². The van der Waals surface area contributed by atoms with E-state index in [-0.39, 0.29) is 0 Å². The van der Waals surface area contributed by atoms with Crippen LogP contribution in [0.2, 0.25) is 3.93 Å². The van der Waals surface area contributed by atoms with Gasteiger partial charge in [0.15, 0.2) is 0 Å². The van der Waals surface area contributed by atoms with Crippen LogP contribution in [0.1, 0.15) is 20.8 Å². The van der Waals surface area contributed by atoms with E-state index >= 15 is 0 Å². The van der Waals surface area contributed by atoms with E-state index in [9.17, 15) is 0 Å². The van der Waals surface area contributed by atoms with Gasteiger partial charge in [0, 0.05) is 0 Å². The van der Waals surface area contributed by atoms with Crippen molar-refractivity contribution in [1.29, 1.82) is 0 Å². The Bertz CT molecular complexity index is 68.9. The van der Waals surface area contributed by atoms with Crippen LogP contribution in [-0.2, 0) is 24.6 Å². The van der Waals surface area contributed by atoms with Crippen molar-refractivity contribution in [3.8, 4) is 0 Å². The van der Waals surface area contributed by atoms with Crippen LogP contribution in [-0.4, -0.2) is 0 Å². The standard InChI is InChI=1S/C5H11.C2H3.Hg/c1-5(2,3)4;1-2;/h1H2,2-4H3;1H,2H2;. The Kier molecular flexibility index (Phi) is 3.96. The zero-order valence-corrected chi connectivity index (χ0v) is 11.7. The molecule has 0 aliphatic carbocycles. The summed E-state index contributed by atoms with van der Waals surface area (Å²) in [5.41, 5.74) is 0.579. The van der Waals surface area contributed by atoms with Crippen molar-refractivity contribution in [1.82, 2.24) is 0 Å². The van der Waals surface area contributed by atoms with Crippen molar-refractivity contribution >= 4 is 0 Å². The van der Waals surface area contributed by atoms with E-state index in [0.717, 1.165) is 0 Å². The molecule has 8 heavy (non-hydrogen) atoms. The molecule has 44 valence electrons. The monoisotopic (exact) mass is 300 g/mol. The van der Waals surface area contributed by atoms with Crippen molar-refractivity contribution in [2.45, 2.75) is 24.7 Å². The molecule has 1 heteroatoms.